The predicted octanol–water partition coefficient (Wildman–Crippen LogP) is 3.88. The van der Waals surface area contributed by atoms with Crippen LogP contribution in [0.1, 0.15) is 51.2 Å². The van der Waals surface area contributed by atoms with Gasteiger partial charge in [-0.25, -0.2) is 4.39 Å². The van der Waals surface area contributed by atoms with Gasteiger partial charge in [-0.1, -0.05) is 19.1 Å². The zero-order valence-corrected chi connectivity index (χ0v) is 17.9. The number of pyridine rings is 1. The van der Waals surface area contributed by atoms with Crippen molar-refractivity contribution in [2.75, 3.05) is 19.8 Å². The molecule has 1 atom stereocenters. The number of nitrogens with zero attached hydrogens (tertiary/aromatic N) is 2. The van der Waals surface area contributed by atoms with Gasteiger partial charge in [0.15, 0.2) is 0 Å². The fraction of sp³-hybridized carbons (Fsp3) is 0.458. The summed E-state index contributed by atoms with van der Waals surface area (Å²) < 4.78 is 18.6. The van der Waals surface area contributed by atoms with E-state index in [1.54, 1.807) is 41.6 Å². The lowest BCUT2D eigenvalue weighted by Gasteiger charge is -2.35. The van der Waals surface area contributed by atoms with E-state index < -0.39 is 6.04 Å². The highest BCUT2D eigenvalue weighted by Crippen LogP contribution is 2.26. The molecule has 0 spiro atoms. The van der Waals surface area contributed by atoms with Crippen molar-refractivity contribution in [3.05, 3.63) is 65.7 Å². The number of hydrogen-bond acceptors (Lipinski definition) is 4. The average Bonchev–Trinajstić information content (AvgIpc) is 2.80. The molecule has 1 saturated heterocycles. The van der Waals surface area contributed by atoms with Gasteiger partial charge in [0.25, 0.3) is 0 Å². The number of nitrogens with one attached hydrogen (secondary N) is 1. The molecule has 2 heterocycles. The number of carbonyl (C=O) groups excluding carboxylic acids is 2. The molecule has 3 rings (SSSR count). The van der Waals surface area contributed by atoms with Crippen molar-refractivity contribution in [1.29, 1.82) is 0 Å². The van der Waals surface area contributed by atoms with E-state index >= 15 is 0 Å². The zero-order chi connectivity index (χ0) is 22.1. The van der Waals surface area contributed by atoms with E-state index in [-0.39, 0.29) is 25.6 Å². The molecule has 1 aromatic carbocycles. The molecule has 7 heteroatoms. The van der Waals surface area contributed by atoms with Crippen LogP contribution in [0.15, 0.2) is 48.8 Å². The summed E-state index contributed by atoms with van der Waals surface area (Å²) in [4.78, 5) is 32.2. The monoisotopic (exact) mass is 429 g/mol. The molecule has 0 saturated carbocycles. The van der Waals surface area contributed by atoms with Gasteiger partial charge in [-0.2, -0.15) is 0 Å². The molecule has 0 aliphatic carbocycles. The molecular weight excluding hydrogens is 397 g/mol. The van der Waals surface area contributed by atoms with Crippen molar-refractivity contribution in [3.63, 3.8) is 0 Å². The summed E-state index contributed by atoms with van der Waals surface area (Å²) >= 11 is 0. The second-order valence-electron chi connectivity index (χ2n) is 7.88. The van der Waals surface area contributed by atoms with E-state index in [1.165, 1.54) is 12.1 Å². The summed E-state index contributed by atoms with van der Waals surface area (Å²) in [5.74, 6) is -0.318. The number of ether oxygens (including phenoxy) is 1. The van der Waals surface area contributed by atoms with Crippen molar-refractivity contribution < 1.29 is 20.1 Å². The second kappa shape index (κ2) is 11.6. The Hall–Kier alpha value is -2.80. The van der Waals surface area contributed by atoms with Gasteiger partial charge in [-0.15, -0.1) is 0 Å². The Bertz CT molecular complexity index is 845. The first-order valence-corrected chi connectivity index (χ1v) is 10.9. The van der Waals surface area contributed by atoms with Crippen LogP contribution < -0.4 is 5.32 Å². The maximum Gasteiger partial charge on any atom is 0.247 e. The molecule has 31 heavy (non-hydrogen) atoms. The number of amides is 2. The van der Waals surface area contributed by atoms with Crippen LogP contribution in [0, 0.1) is 11.7 Å². The molecule has 1 unspecified atom stereocenters. The minimum atomic E-state index is -0.745. The van der Waals surface area contributed by atoms with E-state index in [4.69, 9.17) is 4.74 Å². The van der Waals surface area contributed by atoms with Gasteiger partial charge < -0.3 is 15.0 Å². The maximum absolute atomic E-state index is 13.4. The van der Waals surface area contributed by atoms with Crippen LogP contribution in [-0.4, -0.2) is 41.5 Å². The van der Waals surface area contributed by atoms with Crippen LogP contribution in [0.3, 0.4) is 0 Å². The Labute approximate surface area is 184 Å². The van der Waals surface area contributed by atoms with Gasteiger partial charge in [-0.05, 0) is 60.6 Å². The molecule has 1 N–H and O–H groups in total. The van der Waals surface area contributed by atoms with Gasteiger partial charge >= 0.3 is 0 Å². The summed E-state index contributed by atoms with van der Waals surface area (Å²) in [7, 11) is 0. The van der Waals surface area contributed by atoms with Crippen molar-refractivity contribution >= 4 is 11.8 Å². The fourth-order valence-electron chi connectivity index (χ4n) is 3.82. The summed E-state index contributed by atoms with van der Waals surface area (Å²) in [6.07, 6.45) is 6.10. The molecule has 1 aliphatic heterocycles. The van der Waals surface area contributed by atoms with Crippen molar-refractivity contribution in [2.24, 2.45) is 5.92 Å². The van der Waals surface area contributed by atoms with Gasteiger partial charge in [0.05, 0.1) is 0 Å². The lowest BCUT2D eigenvalue weighted by atomic mass is 9.96. The Morgan fingerprint density at radius 3 is 2.52 bits per heavy atom. The van der Waals surface area contributed by atoms with Gasteiger partial charge in [-0.3, -0.25) is 14.6 Å². The molecule has 6 nitrogen and oxygen atoms in total. The molecule has 0 bridgehead atoms. The van der Waals surface area contributed by atoms with E-state index in [0.717, 1.165) is 24.0 Å². The van der Waals surface area contributed by atoms with E-state index in [1.807, 2.05) is 6.92 Å². The van der Waals surface area contributed by atoms with Gasteiger partial charge in [0.2, 0.25) is 11.8 Å². The third-order valence-electron chi connectivity index (χ3n) is 5.54. The van der Waals surface area contributed by atoms with Crippen molar-refractivity contribution in [3.8, 4) is 0 Å². The Kier molecular flexibility index (Phi) is 8.53. The number of benzene rings is 1. The van der Waals surface area contributed by atoms with Gasteiger partial charge in [0, 0.05) is 46.5 Å². The summed E-state index contributed by atoms with van der Waals surface area (Å²) in [6, 6.07) is 8.81. The quantitative estimate of drug-likeness (QED) is 0.657. The molecule has 2 amide bonds. The van der Waals surface area contributed by atoms with Crippen LogP contribution >= 0.6 is 0 Å². The third kappa shape index (κ3) is 6.59. The SMILES string of the molecule is CCCC(=O)N(CC1CCOCC1)C(C(=O)NCc1ccc(F)cc1)c1ccncc1.[HH]. The molecule has 1 fully saturated rings. The third-order valence-corrected chi connectivity index (χ3v) is 5.54. The second-order valence-corrected chi connectivity index (χ2v) is 7.88. The number of halogens is 1. The first-order chi connectivity index (χ1) is 15.1. The Morgan fingerprint density at radius 2 is 1.87 bits per heavy atom. The minimum Gasteiger partial charge on any atom is -0.381 e. The molecule has 0 radical (unpaired) electrons. The lowest BCUT2D eigenvalue weighted by molar-refractivity contribution is -0.142. The lowest BCUT2D eigenvalue weighted by Crippen LogP contribution is -2.46. The van der Waals surface area contributed by atoms with Crippen LogP contribution in [-0.2, 0) is 20.9 Å². The Balaban J connectivity index is 0.00000363. The molecule has 168 valence electrons. The smallest absolute Gasteiger partial charge is 0.247 e. The number of hydrogen-bond donors (Lipinski definition) is 1. The maximum atomic E-state index is 13.4. The average molecular weight is 430 g/mol. The van der Waals surface area contributed by atoms with Gasteiger partial charge in [0.1, 0.15) is 11.9 Å². The normalized spacial score (nSPS) is 15.3. The highest BCUT2D eigenvalue weighted by molar-refractivity contribution is 5.88. The van der Waals surface area contributed by atoms with Crippen LogP contribution in [0.5, 0.6) is 0 Å². The summed E-state index contributed by atoms with van der Waals surface area (Å²) in [5.41, 5.74) is 1.52. The highest BCUT2D eigenvalue weighted by atomic mass is 19.1. The zero-order valence-electron chi connectivity index (χ0n) is 17.9. The number of aromatic nitrogens is 1. The van der Waals surface area contributed by atoms with Crippen LogP contribution in [0.25, 0.3) is 0 Å². The summed E-state index contributed by atoms with van der Waals surface area (Å²) in [5, 5.41) is 2.93. The largest absolute Gasteiger partial charge is 0.381 e. The van der Waals surface area contributed by atoms with Crippen LogP contribution in [0.2, 0.25) is 0 Å². The summed E-state index contributed by atoms with van der Waals surface area (Å²) in [6.45, 7) is 4.09. The number of rotatable bonds is 9. The topological polar surface area (TPSA) is 71.5 Å². The minimum absolute atomic E-state index is 0. The first kappa shape index (κ1) is 22.9. The van der Waals surface area contributed by atoms with Crippen molar-refractivity contribution in [2.45, 2.75) is 45.2 Å². The van der Waals surface area contributed by atoms with E-state index in [0.29, 0.717) is 38.5 Å². The van der Waals surface area contributed by atoms with E-state index in [9.17, 15) is 14.0 Å². The molecule has 1 aromatic heterocycles. The Morgan fingerprint density at radius 1 is 1.19 bits per heavy atom. The van der Waals surface area contributed by atoms with Crippen molar-refractivity contribution in [1.82, 2.24) is 15.2 Å². The predicted molar refractivity (Wildman–Crippen MR) is 118 cm³/mol. The molecule has 2 aromatic rings. The fourth-order valence-corrected chi connectivity index (χ4v) is 3.82. The van der Waals surface area contributed by atoms with E-state index in [2.05, 4.69) is 10.3 Å². The first-order valence-electron chi connectivity index (χ1n) is 10.9. The highest BCUT2D eigenvalue weighted by Gasteiger charge is 2.33. The number of carbonyl (C=O) groups is 2. The standard InChI is InChI=1S/C24H30FN3O3.H2/c1-2-3-22(29)28(17-19-10-14-31-15-11-19)23(20-8-12-26-13-9-20)24(30)27-16-18-4-6-21(25)7-5-18;/h4-9,12-13,19,23H,2-3,10-11,14-17H2,1H3,(H,27,30);1H. The van der Waals surface area contributed by atoms with Crippen LogP contribution in [0.4, 0.5) is 4.39 Å². The molecular formula is C24H32FN3O3. The molecule has 1 aliphatic rings.